The SMILES string of the molecule is O=C(NCCNc1ccccc1B(O)O)OCc1ccccc1. The normalized spacial score (nSPS) is 10.0. The van der Waals surface area contributed by atoms with Gasteiger partial charge in [-0.2, -0.15) is 0 Å². The summed E-state index contributed by atoms with van der Waals surface area (Å²) in [4.78, 5) is 11.6. The van der Waals surface area contributed by atoms with Crippen molar-refractivity contribution in [3.63, 3.8) is 0 Å². The van der Waals surface area contributed by atoms with Crippen LogP contribution in [0.1, 0.15) is 5.56 Å². The number of anilines is 1. The van der Waals surface area contributed by atoms with Crippen LogP contribution in [-0.2, 0) is 11.3 Å². The number of hydrogen-bond donors (Lipinski definition) is 4. The van der Waals surface area contributed by atoms with Crippen molar-refractivity contribution in [3.05, 3.63) is 60.2 Å². The van der Waals surface area contributed by atoms with Gasteiger partial charge in [0.1, 0.15) is 6.61 Å². The first-order chi connectivity index (χ1) is 11.2. The molecule has 0 saturated heterocycles. The van der Waals surface area contributed by atoms with E-state index in [0.717, 1.165) is 5.56 Å². The van der Waals surface area contributed by atoms with E-state index in [1.165, 1.54) is 0 Å². The summed E-state index contributed by atoms with van der Waals surface area (Å²) in [5, 5.41) is 24.2. The van der Waals surface area contributed by atoms with E-state index in [1.807, 2.05) is 30.3 Å². The zero-order valence-electron chi connectivity index (χ0n) is 12.6. The largest absolute Gasteiger partial charge is 0.490 e. The molecule has 0 saturated carbocycles. The van der Waals surface area contributed by atoms with Gasteiger partial charge in [-0.3, -0.25) is 0 Å². The Bertz CT molecular complexity index is 622. The van der Waals surface area contributed by atoms with Gasteiger partial charge in [0.15, 0.2) is 0 Å². The van der Waals surface area contributed by atoms with Crippen LogP contribution in [0.15, 0.2) is 54.6 Å². The summed E-state index contributed by atoms with van der Waals surface area (Å²) in [7, 11) is -1.54. The van der Waals surface area contributed by atoms with Gasteiger partial charge in [0, 0.05) is 24.2 Å². The topological polar surface area (TPSA) is 90.8 Å². The number of carbonyl (C=O) groups excluding carboxylic acids is 1. The number of alkyl carbamates (subject to hydrolysis) is 1. The van der Waals surface area contributed by atoms with Crippen LogP contribution in [0.4, 0.5) is 10.5 Å². The molecule has 0 aliphatic rings. The second-order valence-electron chi connectivity index (χ2n) is 4.88. The monoisotopic (exact) mass is 314 g/mol. The first-order valence-corrected chi connectivity index (χ1v) is 7.30. The fourth-order valence-electron chi connectivity index (χ4n) is 2.02. The van der Waals surface area contributed by atoms with Gasteiger partial charge in [0.25, 0.3) is 0 Å². The summed E-state index contributed by atoms with van der Waals surface area (Å²) in [6.45, 7) is 1.01. The van der Waals surface area contributed by atoms with Crippen molar-refractivity contribution < 1.29 is 19.6 Å². The molecule has 7 heteroatoms. The van der Waals surface area contributed by atoms with E-state index in [0.29, 0.717) is 24.2 Å². The van der Waals surface area contributed by atoms with Gasteiger partial charge in [-0.15, -0.1) is 0 Å². The van der Waals surface area contributed by atoms with Gasteiger partial charge < -0.3 is 25.4 Å². The number of rotatable bonds is 7. The molecule has 0 aliphatic heterocycles. The number of benzene rings is 2. The Morgan fingerprint density at radius 3 is 2.43 bits per heavy atom. The van der Waals surface area contributed by atoms with Crippen LogP contribution in [0.3, 0.4) is 0 Å². The Morgan fingerprint density at radius 2 is 1.70 bits per heavy atom. The molecule has 1 amide bonds. The van der Waals surface area contributed by atoms with E-state index in [9.17, 15) is 14.8 Å². The van der Waals surface area contributed by atoms with Crippen molar-refractivity contribution in [2.75, 3.05) is 18.4 Å². The molecular formula is C16H19BN2O4. The van der Waals surface area contributed by atoms with Crippen LogP contribution in [0.5, 0.6) is 0 Å². The maximum Gasteiger partial charge on any atom is 0.490 e. The van der Waals surface area contributed by atoms with Crippen molar-refractivity contribution in [1.29, 1.82) is 0 Å². The van der Waals surface area contributed by atoms with Crippen LogP contribution in [0.2, 0.25) is 0 Å². The zero-order valence-corrected chi connectivity index (χ0v) is 12.6. The highest BCUT2D eigenvalue weighted by Gasteiger charge is 2.14. The van der Waals surface area contributed by atoms with Crippen molar-refractivity contribution in [2.45, 2.75) is 6.61 Å². The molecule has 0 atom stereocenters. The number of carbonyl (C=O) groups is 1. The van der Waals surface area contributed by atoms with Gasteiger partial charge in [0.05, 0.1) is 0 Å². The zero-order chi connectivity index (χ0) is 16.5. The fraction of sp³-hybridized carbons (Fsp3) is 0.188. The number of ether oxygens (including phenoxy) is 1. The van der Waals surface area contributed by atoms with Gasteiger partial charge in [-0.25, -0.2) is 4.79 Å². The molecule has 23 heavy (non-hydrogen) atoms. The lowest BCUT2D eigenvalue weighted by atomic mass is 9.79. The molecule has 2 rings (SSSR count). The summed E-state index contributed by atoms with van der Waals surface area (Å²) in [6.07, 6.45) is -0.494. The molecule has 0 aliphatic carbocycles. The Balaban J connectivity index is 1.68. The molecule has 2 aromatic rings. The van der Waals surface area contributed by atoms with Crippen molar-refractivity contribution >= 4 is 24.4 Å². The minimum atomic E-state index is -1.54. The number of para-hydroxylation sites is 1. The summed E-state index contributed by atoms with van der Waals surface area (Å²) < 4.78 is 5.08. The van der Waals surface area contributed by atoms with Crippen molar-refractivity contribution in [2.24, 2.45) is 0 Å². The number of hydrogen-bond acceptors (Lipinski definition) is 5. The maximum atomic E-state index is 11.6. The van der Waals surface area contributed by atoms with Crippen LogP contribution in [0, 0.1) is 0 Å². The minimum Gasteiger partial charge on any atom is -0.445 e. The third-order valence-corrected chi connectivity index (χ3v) is 3.16. The standard InChI is InChI=1S/C16H19BN2O4/c20-16(23-12-13-6-2-1-3-7-13)19-11-10-18-15-9-5-4-8-14(15)17(21)22/h1-9,18,21-22H,10-12H2,(H,19,20). The number of amides is 1. The lowest BCUT2D eigenvalue weighted by molar-refractivity contribution is 0.140. The third kappa shape index (κ3) is 5.65. The molecule has 0 unspecified atom stereocenters. The summed E-state index contributed by atoms with van der Waals surface area (Å²) in [5.41, 5.74) is 1.92. The highest BCUT2D eigenvalue weighted by molar-refractivity contribution is 6.60. The fourth-order valence-corrected chi connectivity index (χ4v) is 2.02. The molecule has 0 fully saturated rings. The molecule has 2 aromatic carbocycles. The average molecular weight is 314 g/mol. The molecule has 0 heterocycles. The third-order valence-electron chi connectivity index (χ3n) is 3.16. The van der Waals surface area contributed by atoms with E-state index < -0.39 is 13.2 Å². The molecular weight excluding hydrogens is 295 g/mol. The predicted molar refractivity (Wildman–Crippen MR) is 89.4 cm³/mol. The highest BCUT2D eigenvalue weighted by Crippen LogP contribution is 2.03. The average Bonchev–Trinajstić information content (AvgIpc) is 2.58. The number of nitrogens with one attached hydrogen (secondary N) is 2. The van der Waals surface area contributed by atoms with E-state index >= 15 is 0 Å². The Labute approximate surface area is 135 Å². The van der Waals surface area contributed by atoms with E-state index in [1.54, 1.807) is 24.3 Å². The molecule has 0 spiro atoms. The Kier molecular flexibility index (Phi) is 6.47. The maximum absolute atomic E-state index is 11.6. The Morgan fingerprint density at radius 1 is 1.00 bits per heavy atom. The van der Waals surface area contributed by atoms with Crippen LogP contribution in [0.25, 0.3) is 0 Å². The summed E-state index contributed by atoms with van der Waals surface area (Å²) >= 11 is 0. The summed E-state index contributed by atoms with van der Waals surface area (Å²) in [5.74, 6) is 0. The van der Waals surface area contributed by atoms with Gasteiger partial charge in [-0.05, 0) is 11.6 Å². The molecule has 4 N–H and O–H groups in total. The Hall–Kier alpha value is -2.51. The highest BCUT2D eigenvalue weighted by atomic mass is 16.5. The second-order valence-corrected chi connectivity index (χ2v) is 4.88. The van der Waals surface area contributed by atoms with Crippen LogP contribution >= 0.6 is 0 Å². The minimum absolute atomic E-state index is 0.222. The van der Waals surface area contributed by atoms with Gasteiger partial charge in [-0.1, -0.05) is 48.5 Å². The smallest absolute Gasteiger partial charge is 0.445 e. The van der Waals surface area contributed by atoms with Crippen molar-refractivity contribution in [1.82, 2.24) is 5.32 Å². The molecule has 0 bridgehead atoms. The van der Waals surface area contributed by atoms with Crippen LogP contribution in [-0.4, -0.2) is 36.3 Å². The molecule has 120 valence electrons. The molecule has 0 aromatic heterocycles. The molecule has 6 nitrogen and oxygen atoms in total. The van der Waals surface area contributed by atoms with E-state index in [2.05, 4.69) is 10.6 Å². The van der Waals surface area contributed by atoms with Crippen molar-refractivity contribution in [3.8, 4) is 0 Å². The van der Waals surface area contributed by atoms with Gasteiger partial charge in [0.2, 0.25) is 0 Å². The first-order valence-electron chi connectivity index (χ1n) is 7.30. The van der Waals surface area contributed by atoms with E-state index in [4.69, 9.17) is 4.74 Å². The first kappa shape index (κ1) is 16.9. The molecule has 0 radical (unpaired) electrons. The van der Waals surface area contributed by atoms with Gasteiger partial charge >= 0.3 is 13.2 Å². The lowest BCUT2D eigenvalue weighted by Crippen LogP contribution is -2.34. The lowest BCUT2D eigenvalue weighted by Gasteiger charge is -2.12. The summed E-state index contributed by atoms with van der Waals surface area (Å²) in [6, 6.07) is 16.3. The van der Waals surface area contributed by atoms with E-state index in [-0.39, 0.29) is 6.61 Å². The predicted octanol–water partition coefficient (Wildman–Crippen LogP) is 0.705. The van der Waals surface area contributed by atoms with Crippen LogP contribution < -0.4 is 16.1 Å². The quantitative estimate of drug-likeness (QED) is 0.446. The second kappa shape index (κ2) is 8.82.